The fourth-order valence-electron chi connectivity index (χ4n) is 3.23. The van der Waals surface area contributed by atoms with Gasteiger partial charge < -0.3 is 5.73 Å². The van der Waals surface area contributed by atoms with Crippen LogP contribution in [-0.2, 0) is 13.0 Å². The molecular weight excluding hydrogens is 291 g/mol. The van der Waals surface area contributed by atoms with Gasteiger partial charge in [0, 0.05) is 12.2 Å². The SMILES string of the molecule is CCc1cc([B]CC(C)(C)C(C)(C)C)c(N)cc1CN1CCCC1. The van der Waals surface area contributed by atoms with E-state index < -0.39 is 0 Å². The minimum absolute atomic E-state index is 0.250. The molecule has 1 saturated heterocycles. The highest BCUT2D eigenvalue weighted by atomic mass is 15.1. The van der Waals surface area contributed by atoms with Gasteiger partial charge in [0.1, 0.15) is 0 Å². The fraction of sp³-hybridized carbons (Fsp3) is 0.714. The minimum Gasteiger partial charge on any atom is -0.399 e. The highest BCUT2D eigenvalue weighted by molar-refractivity contribution is 6.55. The largest absolute Gasteiger partial charge is 0.399 e. The van der Waals surface area contributed by atoms with Crippen LogP contribution >= 0.6 is 0 Å². The van der Waals surface area contributed by atoms with Gasteiger partial charge in [0.15, 0.2) is 7.28 Å². The maximum absolute atomic E-state index is 6.41. The number of nitrogens with zero attached hydrogens (tertiary/aromatic N) is 1. The average molecular weight is 327 g/mol. The molecule has 2 N–H and O–H groups in total. The van der Waals surface area contributed by atoms with E-state index in [-0.39, 0.29) is 10.8 Å². The summed E-state index contributed by atoms with van der Waals surface area (Å²) in [7, 11) is 2.35. The molecule has 0 unspecified atom stereocenters. The Kier molecular flexibility index (Phi) is 6.07. The van der Waals surface area contributed by atoms with Crippen LogP contribution < -0.4 is 11.2 Å². The van der Waals surface area contributed by atoms with E-state index >= 15 is 0 Å². The van der Waals surface area contributed by atoms with Gasteiger partial charge in [-0.3, -0.25) is 4.90 Å². The van der Waals surface area contributed by atoms with E-state index in [0.29, 0.717) is 0 Å². The molecule has 1 aromatic rings. The van der Waals surface area contributed by atoms with Gasteiger partial charge in [0.05, 0.1) is 0 Å². The third-order valence-electron chi connectivity index (χ3n) is 6.24. The molecule has 2 rings (SSSR count). The number of aryl methyl sites for hydroxylation is 1. The molecule has 3 heteroatoms. The molecule has 0 aliphatic carbocycles. The molecule has 0 saturated carbocycles. The summed E-state index contributed by atoms with van der Waals surface area (Å²) in [6, 6.07) is 4.56. The number of rotatable bonds is 6. The first kappa shape index (κ1) is 19.4. The summed E-state index contributed by atoms with van der Waals surface area (Å²) in [5, 5.41) is 0. The van der Waals surface area contributed by atoms with Gasteiger partial charge in [0.2, 0.25) is 0 Å². The average Bonchev–Trinajstić information content (AvgIpc) is 2.98. The minimum atomic E-state index is 0.250. The monoisotopic (exact) mass is 327 g/mol. The Bertz CT molecular complexity index is 552. The molecular formula is C21H36BN2. The van der Waals surface area contributed by atoms with E-state index in [9.17, 15) is 0 Å². The van der Waals surface area contributed by atoms with E-state index in [4.69, 9.17) is 5.73 Å². The van der Waals surface area contributed by atoms with E-state index in [0.717, 1.165) is 25.0 Å². The Hall–Kier alpha value is -0.955. The van der Waals surface area contributed by atoms with Crippen LogP contribution in [0.1, 0.15) is 65.5 Å². The molecule has 0 spiro atoms. The highest BCUT2D eigenvalue weighted by Crippen LogP contribution is 2.40. The van der Waals surface area contributed by atoms with Crippen molar-refractivity contribution in [3.63, 3.8) is 0 Å². The van der Waals surface area contributed by atoms with Gasteiger partial charge in [-0.25, -0.2) is 0 Å². The zero-order chi connectivity index (χ0) is 18.0. The Morgan fingerprint density at radius 1 is 1.04 bits per heavy atom. The van der Waals surface area contributed by atoms with Crippen molar-refractivity contribution in [3.8, 4) is 0 Å². The van der Waals surface area contributed by atoms with Gasteiger partial charge in [-0.1, -0.05) is 59.4 Å². The lowest BCUT2D eigenvalue weighted by molar-refractivity contribution is 0.157. The second-order valence-corrected chi connectivity index (χ2v) is 9.13. The second kappa shape index (κ2) is 7.51. The highest BCUT2D eigenvalue weighted by Gasteiger charge is 2.32. The van der Waals surface area contributed by atoms with E-state index in [2.05, 4.69) is 65.9 Å². The molecule has 133 valence electrons. The molecule has 1 aliphatic heterocycles. The second-order valence-electron chi connectivity index (χ2n) is 9.13. The number of nitrogen functional groups attached to an aromatic ring is 1. The summed E-state index contributed by atoms with van der Waals surface area (Å²) < 4.78 is 0. The lowest BCUT2D eigenvalue weighted by atomic mass is 9.53. The number of benzene rings is 1. The van der Waals surface area contributed by atoms with E-state index in [1.807, 2.05) is 0 Å². The summed E-state index contributed by atoms with van der Waals surface area (Å²) in [6.45, 7) is 17.4. The number of anilines is 1. The van der Waals surface area contributed by atoms with Crippen LogP contribution in [0.25, 0.3) is 0 Å². The normalized spacial score (nSPS) is 16.6. The molecule has 24 heavy (non-hydrogen) atoms. The first-order valence-electron chi connectivity index (χ1n) is 9.61. The van der Waals surface area contributed by atoms with Crippen molar-refractivity contribution >= 4 is 18.4 Å². The zero-order valence-corrected chi connectivity index (χ0v) is 16.7. The Morgan fingerprint density at radius 3 is 2.21 bits per heavy atom. The molecule has 1 aromatic carbocycles. The van der Waals surface area contributed by atoms with Crippen molar-refractivity contribution < 1.29 is 0 Å². The number of likely N-dealkylation sites (tertiary alicyclic amines) is 1. The molecule has 1 aliphatic rings. The maximum atomic E-state index is 6.41. The molecule has 1 fully saturated rings. The first-order chi connectivity index (χ1) is 11.1. The molecule has 2 nitrogen and oxygen atoms in total. The van der Waals surface area contributed by atoms with Gasteiger partial charge in [-0.2, -0.15) is 0 Å². The van der Waals surface area contributed by atoms with Crippen molar-refractivity contribution in [2.24, 2.45) is 10.8 Å². The molecule has 1 radical (unpaired) electrons. The van der Waals surface area contributed by atoms with E-state index in [1.165, 1.54) is 42.5 Å². The van der Waals surface area contributed by atoms with Crippen LogP contribution in [0.4, 0.5) is 5.69 Å². The Balaban J connectivity index is 2.13. The predicted octanol–water partition coefficient (Wildman–Crippen LogP) is 4.25. The van der Waals surface area contributed by atoms with Gasteiger partial charge >= 0.3 is 0 Å². The third-order valence-corrected chi connectivity index (χ3v) is 6.24. The van der Waals surface area contributed by atoms with Crippen molar-refractivity contribution in [2.45, 2.75) is 73.7 Å². The standard InChI is InChI=1S/C21H36BN2/c1-7-16-12-18(22-15-21(5,6)20(2,3)4)19(23)13-17(16)14-24-10-8-9-11-24/h12-13H,7-11,14-15,23H2,1-6H3. The van der Waals surface area contributed by atoms with Gasteiger partial charge in [0.25, 0.3) is 0 Å². The number of hydrogen-bond acceptors (Lipinski definition) is 2. The first-order valence-corrected chi connectivity index (χ1v) is 9.61. The topological polar surface area (TPSA) is 29.3 Å². The van der Waals surface area contributed by atoms with Crippen LogP contribution in [0.3, 0.4) is 0 Å². The van der Waals surface area contributed by atoms with Crippen molar-refractivity contribution in [3.05, 3.63) is 23.3 Å². The Morgan fingerprint density at radius 2 is 1.67 bits per heavy atom. The summed E-state index contributed by atoms with van der Waals surface area (Å²) in [6.07, 6.45) is 4.80. The molecule has 1 heterocycles. The van der Waals surface area contributed by atoms with Crippen molar-refractivity contribution in [1.29, 1.82) is 0 Å². The molecule has 0 bridgehead atoms. The summed E-state index contributed by atoms with van der Waals surface area (Å²) in [4.78, 5) is 2.56. The summed E-state index contributed by atoms with van der Waals surface area (Å²) in [5.41, 5.74) is 12.0. The van der Waals surface area contributed by atoms with Crippen molar-refractivity contribution in [1.82, 2.24) is 4.90 Å². The van der Waals surface area contributed by atoms with Crippen LogP contribution in [-0.4, -0.2) is 25.3 Å². The third kappa shape index (κ3) is 4.56. The molecule has 0 aromatic heterocycles. The van der Waals surface area contributed by atoms with E-state index in [1.54, 1.807) is 0 Å². The fourth-order valence-corrected chi connectivity index (χ4v) is 3.23. The molecule has 0 atom stereocenters. The lowest BCUT2D eigenvalue weighted by Gasteiger charge is -2.39. The zero-order valence-electron chi connectivity index (χ0n) is 16.7. The van der Waals surface area contributed by atoms with Gasteiger partial charge in [-0.15, -0.1) is 0 Å². The maximum Gasteiger partial charge on any atom is 0.154 e. The predicted molar refractivity (Wildman–Crippen MR) is 108 cm³/mol. The van der Waals surface area contributed by atoms with Crippen LogP contribution in [0.5, 0.6) is 0 Å². The van der Waals surface area contributed by atoms with Crippen molar-refractivity contribution in [2.75, 3.05) is 18.8 Å². The molecule has 0 amide bonds. The number of nitrogens with two attached hydrogens (primary N) is 1. The summed E-state index contributed by atoms with van der Waals surface area (Å²) >= 11 is 0. The number of hydrogen-bond donors (Lipinski definition) is 1. The summed E-state index contributed by atoms with van der Waals surface area (Å²) in [5.74, 6) is 0. The smallest absolute Gasteiger partial charge is 0.154 e. The Labute approximate surface area is 150 Å². The van der Waals surface area contributed by atoms with Crippen LogP contribution in [0.2, 0.25) is 6.32 Å². The lowest BCUT2D eigenvalue weighted by Crippen LogP contribution is -2.34. The van der Waals surface area contributed by atoms with Crippen LogP contribution in [0, 0.1) is 10.8 Å². The quantitative estimate of drug-likeness (QED) is 0.625. The van der Waals surface area contributed by atoms with Gasteiger partial charge in [-0.05, 0) is 60.4 Å². The van der Waals surface area contributed by atoms with Crippen LogP contribution in [0.15, 0.2) is 12.1 Å².